The Morgan fingerprint density at radius 1 is 0.769 bits per heavy atom. The molecule has 7 aliphatic heterocycles. The molecule has 8 heterocycles. The average Bonchev–Trinajstić information content (AvgIpc) is 3.99. The van der Waals surface area contributed by atoms with Crippen LogP contribution in [0, 0.1) is 22.5 Å². The lowest BCUT2D eigenvalue weighted by atomic mass is 9.82. The average molecular weight is 894 g/mol. The second-order valence-corrected chi connectivity index (χ2v) is 20.6. The Labute approximate surface area is 379 Å². The van der Waals surface area contributed by atoms with Gasteiger partial charge in [0, 0.05) is 112 Å². The van der Waals surface area contributed by atoms with Crippen LogP contribution in [-0.4, -0.2) is 138 Å². The lowest BCUT2D eigenvalue weighted by Crippen LogP contribution is -2.66. The zero-order chi connectivity index (χ0) is 45.1. The molecule has 0 radical (unpaired) electrons. The number of rotatable bonds is 10. The first-order valence-corrected chi connectivity index (χ1v) is 23.5. The number of imide groups is 1. The Hall–Kier alpha value is -5.42. The number of piperazine rings is 1. The molecule has 1 aromatic heterocycles. The van der Waals surface area contributed by atoms with Gasteiger partial charge < -0.3 is 35.1 Å². The van der Waals surface area contributed by atoms with E-state index in [0.29, 0.717) is 63.1 Å². The molecule has 0 saturated carbocycles. The van der Waals surface area contributed by atoms with Gasteiger partial charge in [-0.25, -0.2) is 18.7 Å². The SMILES string of the molecule is CC1(C)CCN(Cc2cc(F)c(N3CC(=O)NC4(CCN(c5cc(NCCN6CC[C@]7(CCN(c8cccc9c8CN(C8CCC(=O)NC8=O)C9=O)C7)C6)ncn5)CC4)C3)cc2F)CC1. The Morgan fingerprint density at radius 3 is 2.34 bits per heavy atom. The molecule has 10 rings (SSSR count). The van der Waals surface area contributed by atoms with Crippen molar-refractivity contribution in [1.82, 2.24) is 35.3 Å². The number of benzene rings is 2. The fourth-order valence-corrected chi connectivity index (χ4v) is 11.6. The van der Waals surface area contributed by atoms with Gasteiger partial charge in [0.2, 0.25) is 17.7 Å². The highest BCUT2D eigenvalue weighted by molar-refractivity contribution is 6.06. The van der Waals surface area contributed by atoms with Gasteiger partial charge in [-0.1, -0.05) is 19.9 Å². The number of nitrogens with zero attached hydrogens (tertiary/aromatic N) is 8. The highest BCUT2D eigenvalue weighted by Crippen LogP contribution is 2.44. The molecule has 3 aromatic rings. The first-order valence-electron chi connectivity index (χ1n) is 23.5. The maximum Gasteiger partial charge on any atom is 0.255 e. The van der Waals surface area contributed by atoms with Crippen LogP contribution in [0.15, 0.2) is 42.7 Å². The number of nitrogens with one attached hydrogen (secondary N) is 3. The molecule has 346 valence electrons. The number of carbonyl (C=O) groups excluding carboxylic acids is 4. The van der Waals surface area contributed by atoms with E-state index in [-0.39, 0.29) is 47.2 Å². The van der Waals surface area contributed by atoms with E-state index in [2.05, 4.69) is 65.4 Å². The first-order chi connectivity index (χ1) is 31.2. The second-order valence-electron chi connectivity index (χ2n) is 20.6. The minimum absolute atomic E-state index is 0.0205. The van der Waals surface area contributed by atoms with Crippen molar-refractivity contribution in [2.75, 3.05) is 98.6 Å². The Balaban J connectivity index is 0.702. The molecule has 4 amide bonds. The van der Waals surface area contributed by atoms with Gasteiger partial charge in [0.25, 0.3) is 5.91 Å². The molecular formula is C48H61F2N11O4. The minimum atomic E-state index is -0.631. The molecule has 7 aliphatic rings. The summed E-state index contributed by atoms with van der Waals surface area (Å²) in [5.74, 6) is -0.396. The summed E-state index contributed by atoms with van der Waals surface area (Å²) >= 11 is 0. The van der Waals surface area contributed by atoms with Crippen LogP contribution >= 0.6 is 0 Å². The topological polar surface area (TPSA) is 150 Å². The fourth-order valence-electron chi connectivity index (χ4n) is 11.6. The fraction of sp³-hybridized carbons (Fsp3) is 0.583. The molecule has 2 aromatic carbocycles. The van der Waals surface area contributed by atoms with Gasteiger partial charge in [0.15, 0.2) is 0 Å². The van der Waals surface area contributed by atoms with E-state index >= 15 is 8.78 Å². The Morgan fingerprint density at radius 2 is 1.54 bits per heavy atom. The van der Waals surface area contributed by atoms with Gasteiger partial charge >= 0.3 is 0 Å². The Kier molecular flexibility index (Phi) is 11.4. The van der Waals surface area contributed by atoms with E-state index in [1.807, 2.05) is 18.2 Å². The van der Waals surface area contributed by atoms with Crippen LogP contribution in [0.3, 0.4) is 0 Å². The van der Waals surface area contributed by atoms with E-state index < -0.39 is 29.1 Å². The van der Waals surface area contributed by atoms with Gasteiger partial charge in [-0.15, -0.1) is 0 Å². The van der Waals surface area contributed by atoms with Crippen LogP contribution in [0.4, 0.5) is 31.8 Å². The van der Waals surface area contributed by atoms with Crippen molar-refractivity contribution in [2.45, 2.75) is 89.9 Å². The molecule has 6 fully saturated rings. The number of anilines is 4. The summed E-state index contributed by atoms with van der Waals surface area (Å²) in [4.78, 5) is 72.7. The smallest absolute Gasteiger partial charge is 0.255 e. The molecule has 0 bridgehead atoms. The maximum absolute atomic E-state index is 15.7. The first kappa shape index (κ1) is 43.5. The number of amides is 4. The zero-order valence-corrected chi connectivity index (χ0v) is 37.6. The largest absolute Gasteiger partial charge is 0.371 e. The van der Waals surface area contributed by atoms with Crippen molar-refractivity contribution in [2.24, 2.45) is 10.8 Å². The highest BCUT2D eigenvalue weighted by Gasteiger charge is 2.46. The lowest BCUT2D eigenvalue weighted by Gasteiger charge is -2.48. The highest BCUT2D eigenvalue weighted by atomic mass is 19.1. The van der Waals surface area contributed by atoms with E-state index in [9.17, 15) is 19.2 Å². The quantitative estimate of drug-likeness (QED) is 0.252. The van der Waals surface area contributed by atoms with E-state index in [1.165, 1.54) is 12.1 Å². The minimum Gasteiger partial charge on any atom is -0.371 e. The lowest BCUT2D eigenvalue weighted by molar-refractivity contribution is -0.137. The molecule has 2 spiro atoms. The number of fused-ring (bicyclic) bond motifs is 1. The molecule has 1 unspecified atom stereocenters. The summed E-state index contributed by atoms with van der Waals surface area (Å²) in [6.07, 6.45) is 7.65. The van der Waals surface area contributed by atoms with Crippen molar-refractivity contribution < 1.29 is 28.0 Å². The number of piperidine rings is 3. The van der Waals surface area contributed by atoms with Crippen LogP contribution in [0.1, 0.15) is 86.7 Å². The van der Waals surface area contributed by atoms with Crippen molar-refractivity contribution >= 4 is 46.6 Å². The monoisotopic (exact) mass is 893 g/mol. The number of hydrogen-bond acceptors (Lipinski definition) is 12. The summed E-state index contributed by atoms with van der Waals surface area (Å²) < 4.78 is 31.2. The number of likely N-dealkylation sites (tertiary alicyclic amines) is 2. The van der Waals surface area contributed by atoms with E-state index in [1.54, 1.807) is 16.1 Å². The summed E-state index contributed by atoms with van der Waals surface area (Å²) in [6.45, 7) is 14.0. The summed E-state index contributed by atoms with van der Waals surface area (Å²) in [5.41, 5.74) is 3.05. The molecule has 15 nitrogen and oxygen atoms in total. The van der Waals surface area contributed by atoms with Gasteiger partial charge in [0.1, 0.15) is 35.6 Å². The summed E-state index contributed by atoms with van der Waals surface area (Å²) in [5, 5.41) is 9.13. The van der Waals surface area contributed by atoms with E-state index in [0.717, 1.165) is 101 Å². The van der Waals surface area contributed by atoms with Gasteiger partial charge in [-0.3, -0.25) is 29.4 Å². The molecule has 17 heteroatoms. The third-order valence-corrected chi connectivity index (χ3v) is 15.6. The molecule has 0 aliphatic carbocycles. The third-order valence-electron chi connectivity index (χ3n) is 15.6. The molecule has 2 atom stereocenters. The standard InChI is InChI=1S/C48H61F2N11O4/c1-46(2)8-15-56(16-9-46)25-32-22-36(50)39(23-35(32)49)60-27-43(63)55-48(30-60)12-19-58(20-13-48)41-24-40(52-31-53-41)51-14-21-57-17-10-47(28-57)11-18-59(29-47)37-5-3-4-33-34(37)26-61(45(33)65)38-6-7-42(62)54-44(38)64/h3-5,22-24,31,38H,6-21,25-30H2,1-2H3,(H,55,63)(H,51,52,53)(H,54,62,64)/t38?,47-/m0/s1. The third kappa shape index (κ3) is 8.85. The number of halogens is 2. The molecule has 3 N–H and O–H groups in total. The number of hydrogen-bond donors (Lipinski definition) is 3. The van der Waals surface area contributed by atoms with Crippen LogP contribution in [-0.2, 0) is 27.5 Å². The Bertz CT molecular complexity index is 2360. The number of aromatic nitrogens is 2. The summed E-state index contributed by atoms with van der Waals surface area (Å²) in [7, 11) is 0. The van der Waals surface area contributed by atoms with Gasteiger partial charge in [-0.05, 0) is 88.2 Å². The van der Waals surface area contributed by atoms with Crippen molar-refractivity contribution in [3.8, 4) is 0 Å². The maximum atomic E-state index is 15.7. The number of carbonyl (C=O) groups is 4. The molecule has 6 saturated heterocycles. The van der Waals surface area contributed by atoms with Crippen molar-refractivity contribution in [1.29, 1.82) is 0 Å². The van der Waals surface area contributed by atoms with Crippen LogP contribution in [0.25, 0.3) is 0 Å². The van der Waals surface area contributed by atoms with Crippen LogP contribution in [0.2, 0.25) is 0 Å². The van der Waals surface area contributed by atoms with Gasteiger partial charge in [0.05, 0.1) is 17.8 Å². The van der Waals surface area contributed by atoms with Crippen molar-refractivity contribution in [3.05, 3.63) is 71.1 Å². The normalized spacial score (nSPS) is 25.8. The molecule has 65 heavy (non-hydrogen) atoms. The zero-order valence-electron chi connectivity index (χ0n) is 37.6. The van der Waals surface area contributed by atoms with Crippen LogP contribution < -0.4 is 30.7 Å². The van der Waals surface area contributed by atoms with Gasteiger partial charge in [-0.2, -0.15) is 0 Å². The molecular weight excluding hydrogens is 833 g/mol. The predicted octanol–water partition coefficient (Wildman–Crippen LogP) is 4.13. The predicted molar refractivity (Wildman–Crippen MR) is 243 cm³/mol. The summed E-state index contributed by atoms with van der Waals surface area (Å²) in [6, 6.07) is 9.82. The second kappa shape index (κ2) is 17.1. The van der Waals surface area contributed by atoms with Crippen LogP contribution in [0.5, 0.6) is 0 Å². The van der Waals surface area contributed by atoms with Crippen molar-refractivity contribution in [3.63, 3.8) is 0 Å². The van der Waals surface area contributed by atoms with E-state index in [4.69, 9.17) is 0 Å².